The van der Waals surface area contributed by atoms with Crippen LogP contribution in [0.2, 0.25) is 0 Å². The molecule has 2 aliphatic rings. The third-order valence-electron chi connectivity index (χ3n) is 5.14. The number of rotatable bonds is 5. The zero-order valence-corrected chi connectivity index (χ0v) is 14.5. The van der Waals surface area contributed by atoms with E-state index in [1.54, 1.807) is 6.92 Å². The summed E-state index contributed by atoms with van der Waals surface area (Å²) >= 11 is 0. The van der Waals surface area contributed by atoms with Gasteiger partial charge in [0.25, 0.3) is 0 Å². The van der Waals surface area contributed by atoms with Gasteiger partial charge in [0.15, 0.2) is 0 Å². The monoisotopic (exact) mass is 332 g/mol. The Labute approximate surface area is 144 Å². The maximum atomic E-state index is 12.9. The molecule has 2 fully saturated rings. The first-order chi connectivity index (χ1) is 11.6. The summed E-state index contributed by atoms with van der Waals surface area (Å²) in [6, 6.07) is 10.2. The van der Waals surface area contributed by atoms with Crippen molar-refractivity contribution in [3.05, 3.63) is 35.9 Å². The third-order valence-corrected chi connectivity index (χ3v) is 5.14. The second-order valence-corrected chi connectivity index (χ2v) is 7.22. The summed E-state index contributed by atoms with van der Waals surface area (Å²) in [5, 5.41) is 12.9. The summed E-state index contributed by atoms with van der Waals surface area (Å²) in [5.41, 5.74) is 1.17. The van der Waals surface area contributed by atoms with Gasteiger partial charge in [0.1, 0.15) is 0 Å². The van der Waals surface area contributed by atoms with E-state index < -0.39 is 6.10 Å². The molecule has 5 heteroatoms. The van der Waals surface area contributed by atoms with Crippen LogP contribution in [0.5, 0.6) is 0 Å². The van der Waals surface area contributed by atoms with Gasteiger partial charge in [0.05, 0.1) is 31.4 Å². The van der Waals surface area contributed by atoms with Crippen LogP contribution in [-0.4, -0.2) is 47.9 Å². The van der Waals surface area contributed by atoms with Gasteiger partial charge in [0.2, 0.25) is 0 Å². The van der Waals surface area contributed by atoms with E-state index in [1.807, 2.05) is 23.1 Å². The van der Waals surface area contributed by atoms with Crippen LogP contribution in [0.3, 0.4) is 0 Å². The molecule has 2 N–H and O–H groups in total. The van der Waals surface area contributed by atoms with Crippen molar-refractivity contribution in [1.82, 2.24) is 10.2 Å². The van der Waals surface area contributed by atoms with Gasteiger partial charge in [-0.25, -0.2) is 4.79 Å². The Kier molecular flexibility index (Phi) is 5.41. The first-order valence-corrected chi connectivity index (χ1v) is 8.94. The van der Waals surface area contributed by atoms with Gasteiger partial charge in [-0.05, 0) is 37.2 Å². The summed E-state index contributed by atoms with van der Waals surface area (Å²) in [5.74, 6) is 1.15. The van der Waals surface area contributed by atoms with Crippen molar-refractivity contribution >= 4 is 6.03 Å². The molecular formula is C19H28N2O3. The number of hydrogen-bond acceptors (Lipinski definition) is 3. The van der Waals surface area contributed by atoms with E-state index in [0.29, 0.717) is 38.0 Å². The second-order valence-electron chi connectivity index (χ2n) is 7.22. The fourth-order valence-electron chi connectivity index (χ4n) is 3.64. The Morgan fingerprint density at radius 2 is 2.12 bits per heavy atom. The molecule has 0 spiro atoms. The fraction of sp³-hybridized carbons (Fsp3) is 0.632. The number of nitrogens with zero attached hydrogens (tertiary/aromatic N) is 1. The number of ether oxygens (including phenoxy) is 1. The quantitative estimate of drug-likeness (QED) is 0.871. The lowest BCUT2D eigenvalue weighted by Gasteiger charge is -2.37. The van der Waals surface area contributed by atoms with E-state index in [-0.39, 0.29) is 18.1 Å². The topological polar surface area (TPSA) is 61.8 Å². The molecule has 2 amide bonds. The highest BCUT2D eigenvalue weighted by Crippen LogP contribution is 2.47. The third kappa shape index (κ3) is 4.08. The minimum absolute atomic E-state index is 0.0445. The number of benzene rings is 1. The Balaban J connectivity index is 1.70. The van der Waals surface area contributed by atoms with Crippen LogP contribution in [0.4, 0.5) is 4.79 Å². The molecule has 1 saturated heterocycles. The summed E-state index contributed by atoms with van der Waals surface area (Å²) in [4.78, 5) is 14.7. The molecule has 0 aromatic heterocycles. The lowest BCUT2D eigenvalue weighted by molar-refractivity contribution is -0.00499. The fourth-order valence-corrected chi connectivity index (χ4v) is 3.64. The van der Waals surface area contributed by atoms with Crippen LogP contribution in [0.15, 0.2) is 30.3 Å². The van der Waals surface area contributed by atoms with Crippen LogP contribution in [0, 0.1) is 11.8 Å². The van der Waals surface area contributed by atoms with Crippen LogP contribution in [0.1, 0.15) is 38.3 Å². The van der Waals surface area contributed by atoms with Gasteiger partial charge in [-0.15, -0.1) is 0 Å². The molecule has 5 nitrogen and oxygen atoms in total. The molecule has 24 heavy (non-hydrogen) atoms. The van der Waals surface area contributed by atoms with E-state index in [4.69, 9.17) is 4.74 Å². The molecule has 1 aromatic rings. The van der Waals surface area contributed by atoms with E-state index in [1.165, 1.54) is 5.56 Å². The Morgan fingerprint density at radius 1 is 1.42 bits per heavy atom. The van der Waals surface area contributed by atoms with Gasteiger partial charge < -0.3 is 20.1 Å². The number of carbonyl (C=O) groups excluding carboxylic acids is 1. The molecule has 5 atom stereocenters. The van der Waals surface area contributed by atoms with Crippen molar-refractivity contribution in [2.24, 2.45) is 11.8 Å². The molecule has 132 valence electrons. The van der Waals surface area contributed by atoms with Gasteiger partial charge in [-0.3, -0.25) is 0 Å². The largest absolute Gasteiger partial charge is 0.393 e. The molecule has 0 bridgehead atoms. The standard InChI is InChI=1S/C19H28N2O3/c1-13-10-17(13)18(15-6-4-3-5-7-15)20-19(23)21-8-9-24-12-16(21)11-14(2)22/h3-7,13-14,16-18,22H,8-12H2,1-2H3,(H,20,23)/t13-,14-,16+,17+,18+/m0/s1. The van der Waals surface area contributed by atoms with E-state index in [2.05, 4.69) is 24.4 Å². The number of aliphatic hydroxyl groups is 1. The average molecular weight is 332 g/mol. The van der Waals surface area contributed by atoms with E-state index >= 15 is 0 Å². The number of amides is 2. The van der Waals surface area contributed by atoms with Crippen LogP contribution in [-0.2, 0) is 4.74 Å². The predicted octanol–water partition coefficient (Wildman–Crippen LogP) is 2.57. The number of urea groups is 1. The van der Waals surface area contributed by atoms with Crippen LogP contribution < -0.4 is 5.32 Å². The Morgan fingerprint density at radius 3 is 2.75 bits per heavy atom. The summed E-state index contributed by atoms with van der Waals surface area (Å²) in [7, 11) is 0. The minimum Gasteiger partial charge on any atom is -0.393 e. The highest BCUT2D eigenvalue weighted by Gasteiger charge is 2.42. The lowest BCUT2D eigenvalue weighted by Crippen LogP contribution is -2.54. The number of carbonyl (C=O) groups is 1. The van der Waals surface area contributed by atoms with Gasteiger partial charge in [0, 0.05) is 6.54 Å². The summed E-state index contributed by atoms with van der Waals surface area (Å²) in [6.07, 6.45) is 1.25. The lowest BCUT2D eigenvalue weighted by atomic mass is 10.0. The maximum Gasteiger partial charge on any atom is 0.318 e. The molecule has 1 aromatic carbocycles. The van der Waals surface area contributed by atoms with Gasteiger partial charge in [-0.1, -0.05) is 37.3 Å². The predicted molar refractivity (Wildman–Crippen MR) is 92.6 cm³/mol. The molecule has 0 unspecified atom stereocenters. The normalized spacial score (nSPS) is 29.0. The molecule has 1 heterocycles. The van der Waals surface area contributed by atoms with Crippen molar-refractivity contribution < 1.29 is 14.6 Å². The first-order valence-electron chi connectivity index (χ1n) is 8.94. The molecule has 1 aliphatic heterocycles. The zero-order chi connectivity index (χ0) is 17.1. The second kappa shape index (κ2) is 7.53. The SMILES string of the molecule is C[C@H](O)C[C@@H]1COCCN1C(=O)N[C@H](c1ccccc1)[C@@H]1C[C@@H]1C. The van der Waals surface area contributed by atoms with Crippen LogP contribution in [0.25, 0.3) is 0 Å². The summed E-state index contributed by atoms with van der Waals surface area (Å²) in [6.45, 7) is 5.61. The molecular weight excluding hydrogens is 304 g/mol. The van der Waals surface area contributed by atoms with Crippen molar-refractivity contribution in [3.8, 4) is 0 Å². The Bertz CT molecular complexity index is 549. The van der Waals surface area contributed by atoms with Crippen molar-refractivity contribution in [2.75, 3.05) is 19.8 Å². The molecule has 1 aliphatic carbocycles. The zero-order valence-electron chi connectivity index (χ0n) is 14.5. The number of hydrogen-bond donors (Lipinski definition) is 2. The number of morpholine rings is 1. The van der Waals surface area contributed by atoms with E-state index in [0.717, 1.165) is 6.42 Å². The highest BCUT2D eigenvalue weighted by molar-refractivity contribution is 5.75. The van der Waals surface area contributed by atoms with Crippen molar-refractivity contribution in [3.63, 3.8) is 0 Å². The number of nitrogens with one attached hydrogen (secondary N) is 1. The average Bonchev–Trinajstić information content (AvgIpc) is 3.29. The molecule has 0 radical (unpaired) electrons. The number of aliphatic hydroxyl groups excluding tert-OH is 1. The van der Waals surface area contributed by atoms with Crippen molar-refractivity contribution in [2.45, 2.75) is 44.9 Å². The molecule has 3 rings (SSSR count). The van der Waals surface area contributed by atoms with E-state index in [9.17, 15) is 9.90 Å². The summed E-state index contributed by atoms with van der Waals surface area (Å²) < 4.78 is 5.50. The van der Waals surface area contributed by atoms with Gasteiger partial charge in [-0.2, -0.15) is 0 Å². The van der Waals surface area contributed by atoms with Crippen molar-refractivity contribution in [1.29, 1.82) is 0 Å². The van der Waals surface area contributed by atoms with Crippen LogP contribution >= 0.6 is 0 Å². The minimum atomic E-state index is -0.444. The maximum absolute atomic E-state index is 12.9. The first kappa shape index (κ1) is 17.2. The smallest absolute Gasteiger partial charge is 0.318 e. The van der Waals surface area contributed by atoms with Gasteiger partial charge >= 0.3 is 6.03 Å². The molecule has 1 saturated carbocycles. The highest BCUT2D eigenvalue weighted by atomic mass is 16.5. The Hall–Kier alpha value is -1.59.